The molecule has 6 nitrogen and oxygen atoms in total. The van der Waals surface area contributed by atoms with E-state index < -0.39 is 32.3 Å². The lowest BCUT2D eigenvalue weighted by Crippen LogP contribution is -2.54. The van der Waals surface area contributed by atoms with Crippen LogP contribution < -0.4 is 9.80 Å². The molecule has 0 saturated carbocycles. The number of fused-ring (bicyclic) bond motifs is 2. The fourth-order valence-corrected chi connectivity index (χ4v) is 6.80. The van der Waals surface area contributed by atoms with E-state index >= 15 is 0 Å². The van der Waals surface area contributed by atoms with Gasteiger partial charge in [0.05, 0.1) is 12.2 Å². The van der Waals surface area contributed by atoms with Crippen LogP contribution in [-0.2, 0) is 30.8 Å². The predicted molar refractivity (Wildman–Crippen MR) is 123 cm³/mol. The summed E-state index contributed by atoms with van der Waals surface area (Å²) < 4.78 is 27.1. The van der Waals surface area contributed by atoms with Crippen LogP contribution in [-0.4, -0.2) is 26.0 Å². The minimum absolute atomic E-state index is 0.220. The van der Waals surface area contributed by atoms with E-state index in [4.69, 9.17) is 0 Å². The fraction of sp³-hybridized carbons (Fsp3) is 0.200. The van der Waals surface area contributed by atoms with Crippen molar-refractivity contribution in [2.45, 2.75) is 25.3 Å². The Balaban J connectivity index is 1.74. The number of hydrogen-bond acceptors (Lipinski definition) is 4. The quantitative estimate of drug-likeness (QED) is 0.618. The first kappa shape index (κ1) is 20.5. The van der Waals surface area contributed by atoms with E-state index in [1.165, 1.54) is 9.80 Å². The molecular weight excluding hydrogens is 424 g/mol. The van der Waals surface area contributed by atoms with Crippen LogP contribution in [0.25, 0.3) is 0 Å². The predicted octanol–water partition coefficient (Wildman–Crippen LogP) is 3.46. The van der Waals surface area contributed by atoms with Crippen LogP contribution in [0.5, 0.6) is 0 Å². The maximum atomic E-state index is 14.1. The largest absolute Gasteiger partial charge is 0.304 e. The van der Waals surface area contributed by atoms with Crippen LogP contribution >= 0.6 is 0 Å². The van der Waals surface area contributed by atoms with Gasteiger partial charge in [-0.25, -0.2) is 8.42 Å². The maximum absolute atomic E-state index is 14.1. The van der Waals surface area contributed by atoms with Gasteiger partial charge < -0.3 is 4.90 Å². The SMILES string of the molecule is Cc1ccc(C)c(CN2C(=O)[C@]3(c4ccccc42)N(c2ccccc2)C(=O)CS3(=O)=O)c1. The molecule has 0 aliphatic carbocycles. The van der Waals surface area contributed by atoms with Crippen molar-refractivity contribution in [3.8, 4) is 0 Å². The molecule has 5 rings (SSSR count). The van der Waals surface area contributed by atoms with Crippen LogP contribution in [0.3, 0.4) is 0 Å². The van der Waals surface area contributed by atoms with Gasteiger partial charge in [0.2, 0.25) is 5.91 Å². The lowest BCUT2D eigenvalue weighted by atomic mass is 10.0. The van der Waals surface area contributed by atoms with Gasteiger partial charge in [-0.1, -0.05) is 60.2 Å². The van der Waals surface area contributed by atoms with Gasteiger partial charge in [-0.2, -0.15) is 0 Å². The van der Waals surface area contributed by atoms with Crippen LogP contribution in [0.2, 0.25) is 0 Å². The minimum Gasteiger partial charge on any atom is -0.304 e. The molecule has 0 bridgehead atoms. The Labute approximate surface area is 187 Å². The van der Waals surface area contributed by atoms with E-state index in [1.54, 1.807) is 54.6 Å². The number of nitrogens with zero attached hydrogens (tertiary/aromatic N) is 2. The molecule has 0 aromatic heterocycles. The lowest BCUT2D eigenvalue weighted by Gasteiger charge is -2.32. The molecule has 1 spiro atoms. The molecule has 2 aliphatic rings. The molecular formula is C25H22N2O4S. The number of rotatable bonds is 3. The summed E-state index contributed by atoms with van der Waals surface area (Å²) in [7, 11) is -4.15. The molecule has 2 heterocycles. The summed E-state index contributed by atoms with van der Waals surface area (Å²) in [6.45, 7) is 4.15. The number of benzene rings is 3. The summed E-state index contributed by atoms with van der Waals surface area (Å²) in [4.78, 5) is 27.7. The van der Waals surface area contributed by atoms with Gasteiger partial charge in [0.1, 0.15) is 5.75 Å². The van der Waals surface area contributed by atoms with E-state index in [1.807, 2.05) is 32.0 Å². The number of para-hydroxylation sites is 2. The topological polar surface area (TPSA) is 74.8 Å². The molecule has 1 fully saturated rings. The Bertz CT molecular complexity index is 1370. The van der Waals surface area contributed by atoms with Gasteiger partial charge >= 0.3 is 0 Å². The molecule has 2 aliphatic heterocycles. The van der Waals surface area contributed by atoms with Gasteiger partial charge in [-0.05, 0) is 43.2 Å². The molecule has 32 heavy (non-hydrogen) atoms. The number of sulfone groups is 1. The van der Waals surface area contributed by atoms with Crippen LogP contribution in [0.1, 0.15) is 22.3 Å². The van der Waals surface area contributed by atoms with Gasteiger partial charge in [-0.3, -0.25) is 14.5 Å². The first-order valence-corrected chi connectivity index (χ1v) is 12.0. The van der Waals surface area contributed by atoms with Gasteiger partial charge in [0.25, 0.3) is 10.8 Å². The summed E-state index contributed by atoms with van der Waals surface area (Å²) in [5.41, 5.74) is 4.21. The third kappa shape index (κ3) is 2.67. The zero-order valence-corrected chi connectivity index (χ0v) is 18.6. The average molecular weight is 447 g/mol. The maximum Gasteiger partial charge on any atom is 0.274 e. The number of aryl methyl sites for hydroxylation is 2. The summed E-state index contributed by atoms with van der Waals surface area (Å²) in [6, 6.07) is 21.4. The first-order valence-electron chi connectivity index (χ1n) is 10.4. The highest BCUT2D eigenvalue weighted by Gasteiger charge is 2.69. The van der Waals surface area contributed by atoms with Crippen molar-refractivity contribution in [2.75, 3.05) is 15.6 Å². The van der Waals surface area contributed by atoms with Crippen molar-refractivity contribution in [3.63, 3.8) is 0 Å². The van der Waals surface area contributed by atoms with Crippen molar-refractivity contribution < 1.29 is 18.0 Å². The van der Waals surface area contributed by atoms with E-state index in [0.717, 1.165) is 16.7 Å². The van der Waals surface area contributed by atoms with E-state index in [2.05, 4.69) is 0 Å². The third-order valence-electron chi connectivity index (χ3n) is 6.27. The minimum atomic E-state index is -4.15. The van der Waals surface area contributed by atoms with Crippen molar-refractivity contribution in [1.29, 1.82) is 0 Å². The van der Waals surface area contributed by atoms with Crippen molar-refractivity contribution in [1.82, 2.24) is 0 Å². The zero-order chi connectivity index (χ0) is 22.7. The number of hydrogen-bond donors (Lipinski definition) is 0. The van der Waals surface area contributed by atoms with Crippen LogP contribution in [0.15, 0.2) is 72.8 Å². The Hall–Kier alpha value is -3.45. The Morgan fingerprint density at radius 2 is 1.59 bits per heavy atom. The second kappa shape index (κ2) is 7.03. The number of carbonyl (C=O) groups is 2. The summed E-state index contributed by atoms with van der Waals surface area (Å²) in [5.74, 6) is -1.93. The highest BCUT2D eigenvalue weighted by molar-refractivity contribution is 7.94. The normalized spacial score (nSPS) is 21.4. The second-order valence-corrected chi connectivity index (χ2v) is 10.4. The van der Waals surface area contributed by atoms with Gasteiger partial charge in [0, 0.05) is 11.3 Å². The number of amides is 2. The molecule has 3 aromatic carbocycles. The summed E-state index contributed by atoms with van der Waals surface area (Å²) in [6.07, 6.45) is 0. The second-order valence-electron chi connectivity index (χ2n) is 8.31. The number of carbonyl (C=O) groups excluding carboxylic acids is 2. The van der Waals surface area contributed by atoms with E-state index in [-0.39, 0.29) is 6.54 Å². The zero-order valence-electron chi connectivity index (χ0n) is 17.8. The van der Waals surface area contributed by atoms with Crippen molar-refractivity contribution >= 4 is 33.0 Å². The van der Waals surface area contributed by atoms with E-state index in [9.17, 15) is 18.0 Å². The first-order chi connectivity index (χ1) is 15.3. The average Bonchev–Trinajstić information content (AvgIpc) is 3.14. The highest BCUT2D eigenvalue weighted by atomic mass is 32.2. The van der Waals surface area contributed by atoms with E-state index in [0.29, 0.717) is 16.9 Å². The fourth-order valence-electron chi connectivity index (χ4n) is 4.77. The van der Waals surface area contributed by atoms with Crippen LogP contribution in [0, 0.1) is 13.8 Å². The molecule has 0 N–H and O–H groups in total. The van der Waals surface area contributed by atoms with Crippen molar-refractivity contribution in [3.05, 3.63) is 95.1 Å². The Kier molecular flexibility index (Phi) is 4.49. The molecule has 0 unspecified atom stereocenters. The lowest BCUT2D eigenvalue weighted by molar-refractivity contribution is -0.123. The smallest absolute Gasteiger partial charge is 0.274 e. The molecule has 0 radical (unpaired) electrons. The Morgan fingerprint density at radius 3 is 2.34 bits per heavy atom. The highest BCUT2D eigenvalue weighted by Crippen LogP contribution is 2.52. The van der Waals surface area contributed by atoms with Gasteiger partial charge in [0.15, 0.2) is 9.84 Å². The van der Waals surface area contributed by atoms with Gasteiger partial charge in [-0.15, -0.1) is 0 Å². The third-order valence-corrected chi connectivity index (χ3v) is 8.37. The van der Waals surface area contributed by atoms with Crippen LogP contribution in [0.4, 0.5) is 11.4 Å². The molecule has 1 atom stereocenters. The van der Waals surface area contributed by atoms with Crippen molar-refractivity contribution in [2.24, 2.45) is 0 Å². The summed E-state index contributed by atoms with van der Waals surface area (Å²) >= 11 is 0. The summed E-state index contributed by atoms with van der Waals surface area (Å²) in [5, 5.41) is 0. The monoisotopic (exact) mass is 446 g/mol. The molecule has 162 valence electrons. The molecule has 2 amide bonds. The molecule has 3 aromatic rings. The Morgan fingerprint density at radius 1 is 0.906 bits per heavy atom. The molecule has 7 heteroatoms. The number of anilines is 2. The standard InChI is InChI=1S/C25H22N2O4S/c1-17-12-13-18(2)19(14-17)15-26-22-11-7-6-10-21(22)25(24(26)29)27(20-8-4-3-5-9-20)23(28)16-32(25,30)31/h3-14H,15-16H2,1-2H3/t25-/m1/s1. The molecule has 1 saturated heterocycles.